The number of Topliss-reactive ketones (excluding diaryl/α,β-unsaturated/α-hetero) is 1. The molecule has 1 unspecified atom stereocenters. The second-order valence-electron chi connectivity index (χ2n) is 6.55. The first-order valence-electron chi connectivity index (χ1n) is 8.11. The van der Waals surface area contributed by atoms with Crippen LogP contribution in [0.1, 0.15) is 36.2 Å². The first-order chi connectivity index (χ1) is 11.7. The van der Waals surface area contributed by atoms with Crippen LogP contribution in [0.15, 0.2) is 53.4 Å². The Bertz CT molecular complexity index is 845. The van der Waals surface area contributed by atoms with E-state index in [1.165, 1.54) is 12.1 Å². The number of hydrogen-bond acceptors (Lipinski definition) is 4. The molecule has 5 nitrogen and oxygen atoms in total. The molecule has 0 fully saturated rings. The van der Waals surface area contributed by atoms with E-state index in [9.17, 15) is 18.3 Å². The molecule has 0 aliphatic rings. The molecule has 0 spiro atoms. The van der Waals surface area contributed by atoms with Gasteiger partial charge in [0.05, 0.1) is 0 Å². The van der Waals surface area contributed by atoms with Crippen molar-refractivity contribution in [2.24, 2.45) is 17.0 Å². The molecule has 0 aliphatic carbocycles. The summed E-state index contributed by atoms with van der Waals surface area (Å²) in [7, 11) is -4.09. The fourth-order valence-corrected chi connectivity index (χ4v) is 3.38. The molecule has 0 heterocycles. The van der Waals surface area contributed by atoms with E-state index in [1.807, 2.05) is 30.3 Å². The molecular weight excluding hydrogens is 338 g/mol. The zero-order valence-electron chi connectivity index (χ0n) is 14.3. The largest absolute Gasteiger partial charge is 0.507 e. The number of nitrogens with two attached hydrogens (primary N) is 1. The first-order valence-corrected chi connectivity index (χ1v) is 9.66. The molecule has 0 saturated carbocycles. The summed E-state index contributed by atoms with van der Waals surface area (Å²) in [5.74, 6) is -0.205. The van der Waals surface area contributed by atoms with E-state index in [2.05, 4.69) is 13.8 Å². The van der Waals surface area contributed by atoms with Gasteiger partial charge in [-0.15, -0.1) is 0 Å². The van der Waals surface area contributed by atoms with Gasteiger partial charge in [-0.25, -0.2) is 13.6 Å². The minimum absolute atomic E-state index is 0.127. The van der Waals surface area contributed by atoms with E-state index in [-0.39, 0.29) is 17.3 Å². The minimum atomic E-state index is -4.09. The zero-order chi connectivity index (χ0) is 18.6. The molecule has 0 aliphatic heterocycles. The maximum atomic E-state index is 12.6. The standard InChI is InChI=1S/C19H23NO4S/c1-13(2)16(10-14-6-4-3-5-7-14)11-18(22)15-8-9-17(21)19(12-15)25(20,23)24/h3-9,12-13,16,21H,10-11H2,1-2H3,(H2,20,23,24). The van der Waals surface area contributed by atoms with Crippen LogP contribution in [0.5, 0.6) is 5.75 Å². The van der Waals surface area contributed by atoms with E-state index >= 15 is 0 Å². The lowest BCUT2D eigenvalue weighted by molar-refractivity contribution is 0.0948. The van der Waals surface area contributed by atoms with Crippen LogP contribution >= 0.6 is 0 Å². The summed E-state index contributed by atoms with van der Waals surface area (Å²) in [6.45, 7) is 4.13. The van der Waals surface area contributed by atoms with Gasteiger partial charge in [0.1, 0.15) is 10.6 Å². The van der Waals surface area contributed by atoms with Gasteiger partial charge in [-0.1, -0.05) is 44.2 Å². The summed E-state index contributed by atoms with van der Waals surface area (Å²) in [6, 6.07) is 13.7. The summed E-state index contributed by atoms with van der Waals surface area (Å²) >= 11 is 0. The van der Waals surface area contributed by atoms with Gasteiger partial charge in [-0.3, -0.25) is 4.79 Å². The van der Waals surface area contributed by atoms with Crippen molar-refractivity contribution in [2.45, 2.75) is 31.6 Å². The number of phenols is 1. The van der Waals surface area contributed by atoms with Gasteiger partial charge in [0.2, 0.25) is 10.0 Å². The van der Waals surface area contributed by atoms with E-state index in [0.717, 1.165) is 18.1 Å². The molecule has 0 bridgehead atoms. The number of benzene rings is 2. The SMILES string of the molecule is CC(C)C(CC(=O)c1ccc(O)c(S(N)(=O)=O)c1)Cc1ccccc1. The van der Waals surface area contributed by atoms with Crippen molar-refractivity contribution in [2.75, 3.05) is 0 Å². The van der Waals surface area contributed by atoms with Crippen LogP contribution in [-0.2, 0) is 16.4 Å². The monoisotopic (exact) mass is 361 g/mol. The van der Waals surface area contributed by atoms with Gasteiger partial charge in [0.15, 0.2) is 5.78 Å². The van der Waals surface area contributed by atoms with Gasteiger partial charge in [-0.2, -0.15) is 0 Å². The van der Waals surface area contributed by atoms with Crippen molar-refractivity contribution in [3.8, 4) is 5.75 Å². The van der Waals surface area contributed by atoms with E-state index < -0.39 is 20.7 Å². The Morgan fingerprint density at radius 3 is 2.32 bits per heavy atom. The fraction of sp³-hybridized carbons (Fsp3) is 0.316. The third kappa shape index (κ3) is 5.14. The number of primary sulfonamides is 1. The number of carbonyl (C=O) groups is 1. The van der Waals surface area contributed by atoms with E-state index in [4.69, 9.17) is 5.14 Å². The Kier molecular flexibility index (Phi) is 5.98. The fourth-order valence-electron chi connectivity index (χ4n) is 2.73. The average Bonchev–Trinajstić information content (AvgIpc) is 2.54. The van der Waals surface area contributed by atoms with Crippen molar-refractivity contribution >= 4 is 15.8 Å². The summed E-state index contributed by atoms with van der Waals surface area (Å²) in [5, 5.41) is 14.7. The Morgan fingerprint density at radius 1 is 1.12 bits per heavy atom. The first kappa shape index (κ1) is 19.1. The lowest BCUT2D eigenvalue weighted by Gasteiger charge is -2.20. The van der Waals surface area contributed by atoms with Gasteiger partial charge >= 0.3 is 0 Å². The number of hydrogen-bond donors (Lipinski definition) is 2. The molecule has 2 aromatic carbocycles. The van der Waals surface area contributed by atoms with E-state index in [0.29, 0.717) is 12.3 Å². The van der Waals surface area contributed by atoms with Crippen LogP contribution < -0.4 is 5.14 Å². The zero-order valence-corrected chi connectivity index (χ0v) is 15.2. The maximum absolute atomic E-state index is 12.6. The highest BCUT2D eigenvalue weighted by molar-refractivity contribution is 7.89. The number of carbonyl (C=O) groups excluding carboxylic acids is 1. The molecule has 2 aromatic rings. The Balaban J connectivity index is 2.21. The van der Waals surface area contributed by atoms with Crippen LogP contribution in [0.2, 0.25) is 0 Å². The number of ketones is 1. The highest BCUT2D eigenvalue weighted by Gasteiger charge is 2.21. The minimum Gasteiger partial charge on any atom is -0.507 e. The quantitative estimate of drug-likeness (QED) is 0.740. The Morgan fingerprint density at radius 2 is 1.76 bits per heavy atom. The van der Waals surface area contributed by atoms with E-state index in [1.54, 1.807) is 0 Å². The van der Waals surface area contributed by atoms with Gasteiger partial charge < -0.3 is 5.11 Å². The Hall–Kier alpha value is -2.18. The highest BCUT2D eigenvalue weighted by Crippen LogP contribution is 2.26. The van der Waals surface area contributed by atoms with Crippen LogP contribution in [0.3, 0.4) is 0 Å². The van der Waals surface area contributed by atoms with Gasteiger partial charge in [-0.05, 0) is 42.0 Å². The molecular formula is C19H23NO4S. The predicted molar refractivity (Wildman–Crippen MR) is 96.9 cm³/mol. The molecule has 134 valence electrons. The van der Waals surface area contributed by atoms with Gasteiger partial charge in [0.25, 0.3) is 0 Å². The number of sulfonamides is 1. The third-order valence-corrected chi connectivity index (χ3v) is 5.26. The Labute approximate surface area is 148 Å². The van der Waals surface area contributed by atoms with Gasteiger partial charge in [0, 0.05) is 12.0 Å². The molecule has 0 saturated heterocycles. The topological polar surface area (TPSA) is 97.5 Å². The average molecular weight is 361 g/mol. The molecule has 25 heavy (non-hydrogen) atoms. The van der Waals surface area contributed by atoms with Crippen molar-refractivity contribution in [3.05, 3.63) is 59.7 Å². The number of rotatable bonds is 7. The summed E-state index contributed by atoms with van der Waals surface area (Å²) < 4.78 is 23.0. The summed E-state index contributed by atoms with van der Waals surface area (Å²) in [6.07, 6.45) is 1.06. The van der Waals surface area contributed by atoms with Crippen LogP contribution in [-0.4, -0.2) is 19.3 Å². The molecule has 0 aromatic heterocycles. The summed E-state index contributed by atoms with van der Waals surface area (Å²) in [4.78, 5) is 12.2. The third-order valence-electron chi connectivity index (χ3n) is 4.32. The van der Waals surface area contributed by atoms with Crippen LogP contribution in [0.25, 0.3) is 0 Å². The molecule has 0 amide bonds. The maximum Gasteiger partial charge on any atom is 0.241 e. The lowest BCUT2D eigenvalue weighted by atomic mass is 9.84. The number of phenolic OH excluding ortho intramolecular Hbond substituents is 1. The van der Waals surface area contributed by atoms with Crippen molar-refractivity contribution in [1.29, 1.82) is 0 Å². The van der Waals surface area contributed by atoms with Crippen LogP contribution in [0.4, 0.5) is 0 Å². The molecule has 6 heteroatoms. The van der Waals surface area contributed by atoms with Crippen molar-refractivity contribution in [1.82, 2.24) is 0 Å². The molecule has 3 N–H and O–H groups in total. The summed E-state index contributed by atoms with van der Waals surface area (Å²) in [5.41, 5.74) is 1.39. The second-order valence-corrected chi connectivity index (χ2v) is 8.08. The lowest BCUT2D eigenvalue weighted by Crippen LogP contribution is -2.18. The second kappa shape index (κ2) is 7.80. The number of aromatic hydroxyl groups is 1. The van der Waals surface area contributed by atoms with Crippen molar-refractivity contribution in [3.63, 3.8) is 0 Å². The normalized spacial score (nSPS) is 13.0. The predicted octanol–water partition coefficient (Wildman–Crippen LogP) is 3.13. The highest BCUT2D eigenvalue weighted by atomic mass is 32.2. The molecule has 1 atom stereocenters. The van der Waals surface area contributed by atoms with Crippen molar-refractivity contribution < 1.29 is 18.3 Å². The van der Waals surface area contributed by atoms with Crippen LogP contribution in [0, 0.1) is 11.8 Å². The molecule has 0 radical (unpaired) electrons. The smallest absolute Gasteiger partial charge is 0.241 e. The molecule has 2 rings (SSSR count).